The zero-order valence-electron chi connectivity index (χ0n) is 13.0. The van der Waals surface area contributed by atoms with Gasteiger partial charge in [-0.2, -0.15) is 0 Å². The van der Waals surface area contributed by atoms with Crippen molar-refractivity contribution in [3.05, 3.63) is 29.8 Å². The van der Waals surface area contributed by atoms with Crippen molar-refractivity contribution in [3.8, 4) is 11.8 Å². The summed E-state index contributed by atoms with van der Waals surface area (Å²) < 4.78 is 0. The number of hydrogen-bond acceptors (Lipinski definition) is 2. The van der Waals surface area contributed by atoms with Gasteiger partial charge in [-0.3, -0.25) is 9.69 Å². The normalized spacial score (nSPS) is 13.6. The molecular formula is C17H21N3O2. The van der Waals surface area contributed by atoms with Crippen LogP contribution in [0.25, 0.3) is 0 Å². The summed E-state index contributed by atoms with van der Waals surface area (Å²) in [5, 5.41) is 5.54. The van der Waals surface area contributed by atoms with Crippen LogP contribution < -0.4 is 15.5 Å². The zero-order chi connectivity index (χ0) is 15.9. The molecule has 5 heteroatoms. The van der Waals surface area contributed by atoms with Gasteiger partial charge in [0, 0.05) is 30.8 Å². The summed E-state index contributed by atoms with van der Waals surface area (Å²) in [7, 11) is 0. The monoisotopic (exact) mass is 299 g/mol. The number of amides is 3. The Hall–Kier alpha value is -2.48. The second-order valence-electron chi connectivity index (χ2n) is 5.61. The van der Waals surface area contributed by atoms with Gasteiger partial charge in [0.15, 0.2) is 0 Å². The Labute approximate surface area is 131 Å². The number of nitrogens with zero attached hydrogens (tertiary/aromatic N) is 1. The fourth-order valence-electron chi connectivity index (χ4n) is 2.17. The summed E-state index contributed by atoms with van der Waals surface area (Å²) in [5.74, 6) is 6.31. The molecule has 22 heavy (non-hydrogen) atoms. The molecule has 2 N–H and O–H groups in total. The molecule has 0 radical (unpaired) electrons. The maximum atomic E-state index is 11.6. The first kappa shape index (κ1) is 15.9. The van der Waals surface area contributed by atoms with Crippen molar-refractivity contribution in [2.75, 3.05) is 24.5 Å². The smallest absolute Gasteiger partial charge is 0.321 e. The van der Waals surface area contributed by atoms with Gasteiger partial charge in [-0.1, -0.05) is 25.7 Å². The molecule has 1 heterocycles. The Morgan fingerprint density at radius 2 is 2.09 bits per heavy atom. The summed E-state index contributed by atoms with van der Waals surface area (Å²) in [6.07, 6.45) is 0.522. The molecule has 0 atom stereocenters. The Morgan fingerprint density at radius 1 is 1.36 bits per heavy atom. The fraction of sp³-hybridized carbons (Fsp3) is 0.412. The van der Waals surface area contributed by atoms with E-state index in [9.17, 15) is 9.59 Å². The van der Waals surface area contributed by atoms with E-state index < -0.39 is 0 Å². The quantitative estimate of drug-likeness (QED) is 0.832. The third-order valence-electron chi connectivity index (χ3n) is 3.24. The van der Waals surface area contributed by atoms with Gasteiger partial charge in [-0.15, -0.1) is 0 Å². The highest BCUT2D eigenvalue weighted by molar-refractivity contribution is 5.94. The minimum Gasteiger partial charge on any atom is -0.345 e. The van der Waals surface area contributed by atoms with E-state index in [1.54, 1.807) is 4.90 Å². The average molecular weight is 299 g/mol. The Balaban J connectivity index is 1.85. The van der Waals surface area contributed by atoms with Gasteiger partial charge < -0.3 is 10.6 Å². The molecule has 0 aromatic heterocycles. The van der Waals surface area contributed by atoms with Crippen LogP contribution in [0.4, 0.5) is 10.5 Å². The van der Waals surface area contributed by atoms with Crippen LogP contribution in [-0.2, 0) is 4.79 Å². The Kier molecular flexibility index (Phi) is 5.42. The van der Waals surface area contributed by atoms with E-state index in [1.807, 2.05) is 38.1 Å². The predicted octanol–water partition coefficient (Wildman–Crippen LogP) is 1.73. The molecule has 2 rings (SSSR count). The van der Waals surface area contributed by atoms with E-state index >= 15 is 0 Å². The first-order valence-corrected chi connectivity index (χ1v) is 7.47. The largest absolute Gasteiger partial charge is 0.345 e. The Morgan fingerprint density at radius 3 is 2.68 bits per heavy atom. The van der Waals surface area contributed by atoms with Crippen LogP contribution in [0.5, 0.6) is 0 Å². The molecule has 1 aromatic carbocycles. The highest BCUT2D eigenvalue weighted by atomic mass is 16.2. The molecule has 1 aliphatic rings. The molecule has 3 amide bonds. The van der Waals surface area contributed by atoms with Gasteiger partial charge in [0.05, 0.1) is 6.54 Å². The van der Waals surface area contributed by atoms with E-state index in [0.29, 0.717) is 32.0 Å². The number of rotatable bonds is 4. The molecule has 0 spiro atoms. The predicted molar refractivity (Wildman–Crippen MR) is 86.5 cm³/mol. The molecule has 0 bridgehead atoms. The van der Waals surface area contributed by atoms with Crippen molar-refractivity contribution in [1.82, 2.24) is 10.6 Å². The van der Waals surface area contributed by atoms with Crippen molar-refractivity contribution in [1.29, 1.82) is 0 Å². The van der Waals surface area contributed by atoms with E-state index in [1.165, 1.54) is 0 Å². The maximum Gasteiger partial charge on any atom is 0.321 e. The molecule has 1 fully saturated rings. The number of urea groups is 1. The first-order valence-electron chi connectivity index (χ1n) is 7.47. The van der Waals surface area contributed by atoms with Crippen LogP contribution >= 0.6 is 0 Å². The van der Waals surface area contributed by atoms with E-state index in [2.05, 4.69) is 22.5 Å². The second-order valence-corrected chi connectivity index (χ2v) is 5.61. The number of carbonyl (C=O) groups is 2. The molecule has 0 saturated carbocycles. The number of nitrogens with one attached hydrogen (secondary N) is 2. The van der Waals surface area contributed by atoms with E-state index in [-0.39, 0.29) is 11.9 Å². The summed E-state index contributed by atoms with van der Waals surface area (Å²) in [4.78, 5) is 24.7. The minimum atomic E-state index is -0.0632. The lowest BCUT2D eigenvalue weighted by Crippen LogP contribution is -2.27. The molecule has 116 valence electrons. The van der Waals surface area contributed by atoms with Crippen molar-refractivity contribution < 1.29 is 9.59 Å². The minimum absolute atomic E-state index is 0.0275. The van der Waals surface area contributed by atoms with Gasteiger partial charge in [0.1, 0.15) is 0 Å². The number of anilines is 1. The van der Waals surface area contributed by atoms with Gasteiger partial charge in [-0.25, -0.2) is 4.79 Å². The molecule has 0 aliphatic carbocycles. The summed E-state index contributed by atoms with van der Waals surface area (Å²) in [6.45, 7) is 5.73. The van der Waals surface area contributed by atoms with Crippen LogP contribution in [0.1, 0.15) is 25.8 Å². The van der Waals surface area contributed by atoms with Crippen LogP contribution in [0, 0.1) is 17.8 Å². The van der Waals surface area contributed by atoms with E-state index in [4.69, 9.17) is 0 Å². The molecular weight excluding hydrogens is 278 g/mol. The number of hydrogen-bond donors (Lipinski definition) is 2. The third kappa shape index (κ3) is 4.52. The van der Waals surface area contributed by atoms with Gasteiger partial charge in [0.25, 0.3) is 0 Å². The summed E-state index contributed by atoms with van der Waals surface area (Å²) in [5.41, 5.74) is 1.73. The van der Waals surface area contributed by atoms with Crippen molar-refractivity contribution in [2.45, 2.75) is 20.3 Å². The van der Waals surface area contributed by atoms with Crippen molar-refractivity contribution in [2.24, 2.45) is 5.92 Å². The lowest BCUT2D eigenvalue weighted by Gasteiger charge is -2.13. The Bertz CT molecular complexity index is 597. The number of carbonyl (C=O) groups excluding carboxylic acids is 2. The van der Waals surface area contributed by atoms with Crippen molar-refractivity contribution >= 4 is 17.6 Å². The lowest BCUT2D eigenvalue weighted by atomic mass is 10.1. The highest BCUT2D eigenvalue weighted by Crippen LogP contribution is 2.16. The lowest BCUT2D eigenvalue weighted by molar-refractivity contribution is -0.121. The first-order chi connectivity index (χ1) is 10.6. The van der Waals surface area contributed by atoms with E-state index in [0.717, 1.165) is 11.3 Å². The molecule has 0 unspecified atom stereocenters. The third-order valence-corrected chi connectivity index (χ3v) is 3.24. The summed E-state index contributed by atoms with van der Waals surface area (Å²) in [6, 6.07) is 7.46. The second kappa shape index (κ2) is 7.51. The van der Waals surface area contributed by atoms with Gasteiger partial charge in [-0.05, 0) is 30.2 Å². The SMILES string of the molecule is CC(C)CC(=O)NCC#Cc1ccc(N2CCNC2=O)cc1. The standard InChI is InChI=1S/C17H21N3O2/c1-13(2)12-16(21)18-9-3-4-14-5-7-15(8-6-14)20-11-10-19-17(20)22/h5-8,13H,9-12H2,1-2H3,(H,18,21)(H,19,22). The summed E-state index contributed by atoms with van der Waals surface area (Å²) >= 11 is 0. The van der Waals surface area contributed by atoms with Crippen LogP contribution in [-0.4, -0.2) is 31.6 Å². The maximum absolute atomic E-state index is 11.6. The highest BCUT2D eigenvalue weighted by Gasteiger charge is 2.20. The van der Waals surface area contributed by atoms with Crippen LogP contribution in [0.3, 0.4) is 0 Å². The molecule has 1 aromatic rings. The van der Waals surface area contributed by atoms with Gasteiger partial charge >= 0.3 is 6.03 Å². The zero-order valence-corrected chi connectivity index (χ0v) is 13.0. The molecule has 1 aliphatic heterocycles. The van der Waals surface area contributed by atoms with Gasteiger partial charge in [0.2, 0.25) is 5.91 Å². The fourth-order valence-corrected chi connectivity index (χ4v) is 2.17. The van der Waals surface area contributed by atoms with Crippen molar-refractivity contribution in [3.63, 3.8) is 0 Å². The number of benzene rings is 1. The van der Waals surface area contributed by atoms with Crippen LogP contribution in [0.15, 0.2) is 24.3 Å². The topological polar surface area (TPSA) is 61.4 Å². The molecule has 1 saturated heterocycles. The average Bonchev–Trinajstić information content (AvgIpc) is 2.90. The van der Waals surface area contributed by atoms with Crippen LogP contribution in [0.2, 0.25) is 0 Å². The molecule has 5 nitrogen and oxygen atoms in total.